The number of terminal acetylenes is 1. The number of ether oxygens (including phenoxy) is 1. The lowest BCUT2D eigenvalue weighted by Gasteiger charge is -2.53. The first-order valence-corrected chi connectivity index (χ1v) is 9.35. The summed E-state index contributed by atoms with van der Waals surface area (Å²) in [6.07, 6.45) is 12.7. The first-order valence-electron chi connectivity index (χ1n) is 9.35. The zero-order valence-electron chi connectivity index (χ0n) is 14.8. The topological polar surface area (TPSA) is 29.5 Å². The van der Waals surface area contributed by atoms with Crippen molar-refractivity contribution in [3.8, 4) is 18.1 Å². The average Bonchev–Trinajstić information content (AvgIpc) is 2.86. The molecule has 2 heteroatoms. The fraction of sp³-hybridized carbons (Fsp3) is 0.636. The normalized spacial score (nSPS) is 40.2. The summed E-state index contributed by atoms with van der Waals surface area (Å²) in [7, 11) is 1.74. The SMILES string of the molecule is C#CCC1(O)CC[C@H]2[C@@H]3CCc4cc(OC)ccc4[C@H]3CC[C@@]21C. The van der Waals surface area contributed by atoms with Gasteiger partial charge in [-0.1, -0.05) is 13.0 Å². The summed E-state index contributed by atoms with van der Waals surface area (Å²) in [5, 5.41) is 11.2. The van der Waals surface area contributed by atoms with Gasteiger partial charge in [-0.3, -0.25) is 0 Å². The Balaban J connectivity index is 1.67. The van der Waals surface area contributed by atoms with Crippen LogP contribution in [0.3, 0.4) is 0 Å². The molecule has 1 aromatic rings. The number of methoxy groups -OCH3 is 1. The quantitative estimate of drug-likeness (QED) is 0.822. The Labute approximate surface area is 145 Å². The van der Waals surface area contributed by atoms with E-state index >= 15 is 0 Å². The van der Waals surface area contributed by atoms with Crippen LogP contribution in [-0.2, 0) is 6.42 Å². The first kappa shape index (κ1) is 16.0. The van der Waals surface area contributed by atoms with E-state index in [0.717, 1.165) is 31.4 Å². The number of benzene rings is 1. The van der Waals surface area contributed by atoms with E-state index in [2.05, 4.69) is 31.0 Å². The van der Waals surface area contributed by atoms with Gasteiger partial charge in [0.05, 0.1) is 12.7 Å². The maximum absolute atomic E-state index is 11.2. The van der Waals surface area contributed by atoms with E-state index in [-0.39, 0.29) is 5.41 Å². The predicted octanol–water partition coefficient (Wildman–Crippen LogP) is 4.31. The van der Waals surface area contributed by atoms with E-state index in [4.69, 9.17) is 11.2 Å². The van der Waals surface area contributed by atoms with Crippen molar-refractivity contribution in [2.45, 2.75) is 63.4 Å². The Bertz CT molecular complexity index is 688. The summed E-state index contributed by atoms with van der Waals surface area (Å²) in [5.41, 5.74) is 2.33. The van der Waals surface area contributed by atoms with E-state index in [1.807, 2.05) is 0 Å². The summed E-state index contributed by atoms with van der Waals surface area (Å²) in [5.74, 6) is 5.65. The molecule has 0 radical (unpaired) electrons. The van der Waals surface area contributed by atoms with Gasteiger partial charge in [0.25, 0.3) is 0 Å². The van der Waals surface area contributed by atoms with Gasteiger partial charge in [-0.25, -0.2) is 0 Å². The highest BCUT2D eigenvalue weighted by Gasteiger charge is 2.61. The van der Waals surface area contributed by atoms with Crippen LogP contribution in [0.15, 0.2) is 18.2 Å². The number of hydrogen-bond donors (Lipinski definition) is 1. The van der Waals surface area contributed by atoms with Crippen molar-refractivity contribution in [3.05, 3.63) is 29.3 Å². The molecule has 0 amide bonds. The fourth-order valence-electron chi connectivity index (χ4n) is 6.26. The van der Waals surface area contributed by atoms with Gasteiger partial charge >= 0.3 is 0 Å². The highest BCUT2D eigenvalue weighted by Crippen LogP contribution is 2.64. The number of aryl methyl sites for hydroxylation is 1. The monoisotopic (exact) mass is 324 g/mol. The summed E-state index contributed by atoms with van der Waals surface area (Å²) >= 11 is 0. The van der Waals surface area contributed by atoms with Crippen molar-refractivity contribution in [1.82, 2.24) is 0 Å². The summed E-state index contributed by atoms with van der Waals surface area (Å²) in [4.78, 5) is 0. The largest absolute Gasteiger partial charge is 0.497 e. The molecule has 3 aliphatic rings. The Hall–Kier alpha value is -1.46. The fourth-order valence-corrected chi connectivity index (χ4v) is 6.26. The van der Waals surface area contributed by atoms with E-state index in [9.17, 15) is 5.11 Å². The van der Waals surface area contributed by atoms with Gasteiger partial charge in [-0.05, 0) is 79.5 Å². The van der Waals surface area contributed by atoms with Gasteiger partial charge in [0.15, 0.2) is 0 Å². The van der Waals surface area contributed by atoms with Crippen molar-refractivity contribution in [2.24, 2.45) is 17.3 Å². The highest BCUT2D eigenvalue weighted by atomic mass is 16.5. The Morgan fingerprint density at radius 1 is 1.29 bits per heavy atom. The third-order valence-electron chi connectivity index (χ3n) is 7.65. The van der Waals surface area contributed by atoms with Gasteiger partial charge < -0.3 is 9.84 Å². The second-order valence-electron chi connectivity index (χ2n) is 8.39. The van der Waals surface area contributed by atoms with Crippen LogP contribution in [0.4, 0.5) is 0 Å². The number of rotatable bonds is 2. The van der Waals surface area contributed by atoms with Crippen molar-refractivity contribution >= 4 is 0 Å². The van der Waals surface area contributed by atoms with Gasteiger partial charge in [-0.2, -0.15) is 0 Å². The molecular formula is C22H28O2. The van der Waals surface area contributed by atoms with E-state index < -0.39 is 5.60 Å². The molecule has 0 bridgehead atoms. The third-order valence-corrected chi connectivity index (χ3v) is 7.65. The summed E-state index contributed by atoms with van der Waals surface area (Å²) in [6.45, 7) is 2.31. The third kappa shape index (κ3) is 2.07. The molecule has 0 heterocycles. The molecule has 2 saturated carbocycles. The maximum Gasteiger partial charge on any atom is 0.119 e. The zero-order chi connectivity index (χ0) is 16.9. The minimum Gasteiger partial charge on any atom is -0.497 e. The summed E-state index contributed by atoms with van der Waals surface area (Å²) in [6, 6.07) is 6.62. The molecule has 4 rings (SSSR count). The Morgan fingerprint density at radius 3 is 2.88 bits per heavy atom. The maximum atomic E-state index is 11.2. The van der Waals surface area contributed by atoms with E-state index in [1.165, 1.54) is 24.0 Å². The standard InChI is InChI=1S/C22H28O2/c1-4-11-22(23)13-10-20-19-7-5-15-14-16(24-3)6-8-17(15)18(19)9-12-21(20,22)2/h1,6,8,14,18-20,23H,5,7,9-13H2,2-3H3/t18-,19-,20+,21+,22?/m1/s1. The Kier molecular flexibility index (Phi) is 3.69. The number of aliphatic hydroxyl groups is 1. The lowest BCUT2D eigenvalue weighted by Crippen LogP contribution is -2.50. The minimum absolute atomic E-state index is 0.00941. The van der Waals surface area contributed by atoms with Crippen LogP contribution in [0.5, 0.6) is 5.75 Å². The van der Waals surface area contributed by atoms with Crippen LogP contribution in [0.25, 0.3) is 0 Å². The molecular weight excluding hydrogens is 296 g/mol. The highest BCUT2D eigenvalue weighted by molar-refractivity contribution is 5.41. The second-order valence-corrected chi connectivity index (χ2v) is 8.39. The lowest BCUT2D eigenvalue weighted by atomic mass is 9.53. The zero-order valence-corrected chi connectivity index (χ0v) is 14.8. The molecule has 3 aliphatic carbocycles. The van der Waals surface area contributed by atoms with Crippen molar-refractivity contribution < 1.29 is 9.84 Å². The molecule has 2 fully saturated rings. The van der Waals surface area contributed by atoms with Crippen LogP contribution >= 0.6 is 0 Å². The molecule has 128 valence electrons. The first-order chi connectivity index (χ1) is 11.5. The number of hydrogen-bond acceptors (Lipinski definition) is 2. The van der Waals surface area contributed by atoms with Crippen LogP contribution in [0, 0.1) is 29.6 Å². The van der Waals surface area contributed by atoms with E-state index in [1.54, 1.807) is 7.11 Å². The molecule has 1 aromatic carbocycles. The smallest absolute Gasteiger partial charge is 0.119 e. The molecule has 24 heavy (non-hydrogen) atoms. The number of fused-ring (bicyclic) bond motifs is 5. The van der Waals surface area contributed by atoms with Crippen LogP contribution in [0.1, 0.15) is 62.5 Å². The predicted molar refractivity (Wildman–Crippen MR) is 96.0 cm³/mol. The molecule has 0 spiro atoms. The molecule has 2 nitrogen and oxygen atoms in total. The van der Waals surface area contributed by atoms with Crippen LogP contribution < -0.4 is 4.74 Å². The molecule has 1 N–H and O–H groups in total. The van der Waals surface area contributed by atoms with Crippen molar-refractivity contribution in [3.63, 3.8) is 0 Å². The molecule has 5 atom stereocenters. The van der Waals surface area contributed by atoms with Crippen molar-refractivity contribution in [2.75, 3.05) is 7.11 Å². The van der Waals surface area contributed by atoms with Crippen LogP contribution in [0.2, 0.25) is 0 Å². The van der Waals surface area contributed by atoms with E-state index in [0.29, 0.717) is 24.2 Å². The molecule has 0 aliphatic heterocycles. The average molecular weight is 324 g/mol. The van der Waals surface area contributed by atoms with Gasteiger partial charge in [-0.15, -0.1) is 12.3 Å². The molecule has 0 saturated heterocycles. The van der Waals surface area contributed by atoms with Gasteiger partial charge in [0.1, 0.15) is 5.75 Å². The van der Waals surface area contributed by atoms with Crippen molar-refractivity contribution in [1.29, 1.82) is 0 Å². The lowest BCUT2D eigenvalue weighted by molar-refractivity contribution is -0.0990. The van der Waals surface area contributed by atoms with Crippen LogP contribution in [-0.4, -0.2) is 17.8 Å². The summed E-state index contributed by atoms with van der Waals surface area (Å²) < 4.78 is 5.40. The minimum atomic E-state index is -0.655. The Morgan fingerprint density at radius 2 is 2.12 bits per heavy atom. The molecule has 1 unspecified atom stereocenters. The molecule has 0 aromatic heterocycles. The second kappa shape index (κ2) is 5.53. The van der Waals surface area contributed by atoms with Gasteiger partial charge in [0, 0.05) is 11.8 Å². The van der Waals surface area contributed by atoms with Gasteiger partial charge in [0.2, 0.25) is 0 Å².